The van der Waals surface area contributed by atoms with E-state index in [9.17, 15) is 13.2 Å². The molecule has 2 aromatic carbocycles. The van der Waals surface area contributed by atoms with E-state index >= 15 is 0 Å². The van der Waals surface area contributed by atoms with Gasteiger partial charge in [0.1, 0.15) is 22.8 Å². The summed E-state index contributed by atoms with van der Waals surface area (Å²) in [7, 11) is 0. The first-order valence-corrected chi connectivity index (χ1v) is 8.13. The van der Waals surface area contributed by atoms with Gasteiger partial charge >= 0.3 is 6.36 Å². The van der Waals surface area contributed by atoms with Crippen LogP contribution in [0.25, 0.3) is 34.2 Å². The van der Waals surface area contributed by atoms with Crippen LogP contribution < -0.4 is 4.74 Å². The molecule has 0 fully saturated rings. The smallest absolute Gasteiger partial charge is 0.416 e. The maximum absolute atomic E-state index is 12.6. The topological polar surface area (TPSA) is 74.2 Å². The van der Waals surface area contributed by atoms with Gasteiger partial charge in [0.25, 0.3) is 11.8 Å². The Balaban J connectivity index is 1.76. The zero-order valence-electron chi connectivity index (χ0n) is 14.4. The molecule has 0 spiro atoms. The maximum Gasteiger partial charge on any atom is 0.573 e. The summed E-state index contributed by atoms with van der Waals surface area (Å²) < 4.78 is 52.9. The molecule has 6 nitrogen and oxygen atoms in total. The number of hydrogen-bond acceptors (Lipinski definition) is 6. The molecule has 9 heteroatoms. The molecule has 0 saturated carbocycles. The van der Waals surface area contributed by atoms with E-state index in [1.54, 1.807) is 13.0 Å². The van der Waals surface area contributed by atoms with Gasteiger partial charge in [0.2, 0.25) is 0 Å². The minimum absolute atomic E-state index is 0.0222. The van der Waals surface area contributed by atoms with Crippen LogP contribution in [0.4, 0.5) is 13.2 Å². The van der Waals surface area contributed by atoms with Gasteiger partial charge in [0.15, 0.2) is 0 Å². The van der Waals surface area contributed by atoms with Gasteiger partial charge in [0, 0.05) is 5.56 Å². The van der Waals surface area contributed by atoms with Crippen LogP contribution in [0.1, 0.15) is 5.76 Å². The molecule has 0 aliphatic carbocycles. The van der Waals surface area contributed by atoms with Gasteiger partial charge in [-0.15, -0.1) is 23.4 Å². The predicted octanol–water partition coefficient (Wildman–Crippen LogP) is 5.27. The zero-order chi connectivity index (χ0) is 19.7. The van der Waals surface area contributed by atoms with Crippen LogP contribution >= 0.6 is 0 Å². The van der Waals surface area contributed by atoms with Crippen LogP contribution in [0.2, 0.25) is 0 Å². The van der Waals surface area contributed by atoms with Crippen molar-refractivity contribution in [2.75, 3.05) is 0 Å². The van der Waals surface area contributed by atoms with Crippen LogP contribution in [-0.2, 0) is 0 Å². The molecule has 142 valence electrons. The third kappa shape index (κ3) is 3.46. The van der Waals surface area contributed by atoms with E-state index in [0.717, 1.165) is 5.56 Å². The average molecular weight is 387 g/mol. The van der Waals surface area contributed by atoms with Crippen LogP contribution in [-0.4, -0.2) is 21.7 Å². The van der Waals surface area contributed by atoms with E-state index in [2.05, 4.69) is 20.1 Å². The summed E-state index contributed by atoms with van der Waals surface area (Å²) in [5.41, 5.74) is 1.76. The van der Waals surface area contributed by atoms with Crippen molar-refractivity contribution in [1.82, 2.24) is 15.4 Å². The highest BCUT2D eigenvalue weighted by Crippen LogP contribution is 2.37. The predicted molar refractivity (Wildman–Crippen MR) is 92.1 cm³/mol. The normalized spacial score (nSPS) is 11.6. The lowest BCUT2D eigenvalue weighted by atomic mass is 10.1. The number of aryl methyl sites for hydroxylation is 1. The maximum atomic E-state index is 12.6. The standard InChI is InChI=1S/C19H12F3N3O3/c1-11-15(16(25-28-11)12-7-3-2-4-8-12)18-24-23-17(26-18)13-9-5-6-10-14(13)27-19(20,21)22/h2-10H,1H3. The molecule has 0 amide bonds. The van der Waals surface area contributed by atoms with Crippen molar-refractivity contribution in [3.63, 3.8) is 0 Å². The highest BCUT2D eigenvalue weighted by molar-refractivity contribution is 5.78. The first-order chi connectivity index (χ1) is 13.4. The van der Waals surface area contributed by atoms with Gasteiger partial charge < -0.3 is 13.7 Å². The number of para-hydroxylation sites is 1. The number of aromatic nitrogens is 3. The van der Waals surface area contributed by atoms with Crippen molar-refractivity contribution in [3.8, 4) is 39.9 Å². The van der Waals surface area contributed by atoms with Crippen molar-refractivity contribution in [3.05, 3.63) is 60.4 Å². The number of hydrogen-bond donors (Lipinski definition) is 0. The fourth-order valence-electron chi connectivity index (χ4n) is 2.71. The molecular formula is C19H12F3N3O3. The molecule has 0 bridgehead atoms. The summed E-state index contributed by atoms with van der Waals surface area (Å²) in [6.45, 7) is 1.68. The van der Waals surface area contributed by atoms with E-state index in [4.69, 9.17) is 8.94 Å². The van der Waals surface area contributed by atoms with Crippen molar-refractivity contribution in [1.29, 1.82) is 0 Å². The Labute approximate surface area is 156 Å². The molecule has 0 N–H and O–H groups in total. The SMILES string of the molecule is Cc1onc(-c2ccccc2)c1-c1nnc(-c2ccccc2OC(F)(F)F)o1. The monoisotopic (exact) mass is 387 g/mol. The van der Waals surface area contributed by atoms with Crippen molar-refractivity contribution < 1.29 is 26.8 Å². The fraction of sp³-hybridized carbons (Fsp3) is 0.105. The number of benzene rings is 2. The Morgan fingerprint density at radius 1 is 0.893 bits per heavy atom. The minimum Gasteiger partial charge on any atom is -0.416 e. The first kappa shape index (κ1) is 17.8. The molecule has 0 saturated heterocycles. The Bertz CT molecular complexity index is 1100. The second-order valence-electron chi connectivity index (χ2n) is 5.78. The number of nitrogens with zero attached hydrogens (tertiary/aromatic N) is 3. The molecule has 2 heterocycles. The Kier molecular flexibility index (Phi) is 4.34. The molecule has 0 atom stereocenters. The summed E-state index contributed by atoms with van der Waals surface area (Å²) in [5.74, 6) is -0.0340. The molecule has 28 heavy (non-hydrogen) atoms. The van der Waals surface area contributed by atoms with E-state index < -0.39 is 12.1 Å². The summed E-state index contributed by atoms with van der Waals surface area (Å²) in [4.78, 5) is 0. The molecule has 4 rings (SSSR count). The van der Waals surface area contributed by atoms with Gasteiger partial charge in [0.05, 0.1) is 5.56 Å². The fourth-order valence-corrected chi connectivity index (χ4v) is 2.71. The van der Waals surface area contributed by atoms with E-state index in [-0.39, 0.29) is 17.3 Å². The average Bonchev–Trinajstić information content (AvgIpc) is 3.28. The van der Waals surface area contributed by atoms with Gasteiger partial charge in [-0.25, -0.2) is 0 Å². The largest absolute Gasteiger partial charge is 0.573 e. The van der Waals surface area contributed by atoms with E-state index in [1.165, 1.54) is 18.2 Å². The molecule has 2 aromatic heterocycles. The van der Waals surface area contributed by atoms with Crippen LogP contribution in [0, 0.1) is 6.92 Å². The quantitative estimate of drug-likeness (QED) is 0.475. The number of alkyl halides is 3. The molecule has 0 unspecified atom stereocenters. The van der Waals surface area contributed by atoms with Crippen molar-refractivity contribution in [2.45, 2.75) is 13.3 Å². The summed E-state index contributed by atoms with van der Waals surface area (Å²) in [6, 6.07) is 14.7. The number of halogens is 3. The van der Waals surface area contributed by atoms with Crippen molar-refractivity contribution >= 4 is 0 Å². The van der Waals surface area contributed by atoms with Crippen LogP contribution in [0.5, 0.6) is 5.75 Å². The van der Waals surface area contributed by atoms with E-state index in [1.807, 2.05) is 30.3 Å². The summed E-state index contributed by atoms with van der Waals surface area (Å²) in [6.07, 6.45) is -4.84. The first-order valence-electron chi connectivity index (χ1n) is 8.13. The lowest BCUT2D eigenvalue weighted by molar-refractivity contribution is -0.274. The third-order valence-electron chi connectivity index (χ3n) is 3.89. The lowest BCUT2D eigenvalue weighted by Crippen LogP contribution is -2.17. The van der Waals surface area contributed by atoms with Gasteiger partial charge in [-0.1, -0.05) is 47.6 Å². The molecule has 0 aliphatic heterocycles. The van der Waals surface area contributed by atoms with E-state index in [0.29, 0.717) is 17.0 Å². The molecule has 0 aliphatic rings. The number of ether oxygens (including phenoxy) is 1. The molecular weight excluding hydrogens is 375 g/mol. The second kappa shape index (κ2) is 6.84. The number of rotatable bonds is 4. The van der Waals surface area contributed by atoms with Crippen LogP contribution in [0.3, 0.4) is 0 Å². The molecule has 0 radical (unpaired) electrons. The van der Waals surface area contributed by atoms with Crippen LogP contribution in [0.15, 0.2) is 63.5 Å². The van der Waals surface area contributed by atoms with Gasteiger partial charge in [-0.2, -0.15) is 0 Å². The highest BCUT2D eigenvalue weighted by Gasteiger charge is 2.33. The summed E-state index contributed by atoms with van der Waals surface area (Å²) in [5, 5.41) is 11.9. The Morgan fingerprint density at radius 2 is 1.57 bits per heavy atom. The van der Waals surface area contributed by atoms with Crippen molar-refractivity contribution in [2.24, 2.45) is 0 Å². The lowest BCUT2D eigenvalue weighted by Gasteiger charge is -2.10. The Hall–Kier alpha value is -3.62. The zero-order valence-corrected chi connectivity index (χ0v) is 14.4. The minimum atomic E-state index is -4.84. The van der Waals surface area contributed by atoms with Gasteiger partial charge in [-0.3, -0.25) is 0 Å². The third-order valence-corrected chi connectivity index (χ3v) is 3.89. The van der Waals surface area contributed by atoms with Gasteiger partial charge in [-0.05, 0) is 19.1 Å². The Morgan fingerprint density at radius 3 is 2.32 bits per heavy atom. The second-order valence-corrected chi connectivity index (χ2v) is 5.78. The summed E-state index contributed by atoms with van der Waals surface area (Å²) >= 11 is 0. The highest BCUT2D eigenvalue weighted by atomic mass is 19.4. The molecule has 4 aromatic rings.